The molecule has 0 aromatic heterocycles. The van der Waals surface area contributed by atoms with Gasteiger partial charge in [-0.05, 0) is 32.2 Å². The van der Waals surface area contributed by atoms with Crippen LogP contribution in [0.25, 0.3) is 0 Å². The van der Waals surface area contributed by atoms with Crippen molar-refractivity contribution in [1.82, 2.24) is 10.2 Å². The highest BCUT2D eigenvalue weighted by molar-refractivity contribution is 4.80. The molecule has 1 aliphatic heterocycles. The van der Waals surface area contributed by atoms with Crippen LogP contribution < -0.4 is 5.32 Å². The SMILES string of the molecule is CCC1CN(CC(C)C)C(C)CCN1. The second kappa shape index (κ2) is 5.72. The first-order valence-electron chi connectivity index (χ1n) is 6.11. The Bertz CT molecular complexity index is 156. The van der Waals surface area contributed by atoms with Crippen LogP contribution in [-0.4, -0.2) is 36.6 Å². The standard InChI is InChI=1S/C12H26N2/c1-5-12-9-14(8-10(2)3)11(4)6-7-13-12/h10-13H,5-9H2,1-4H3. The van der Waals surface area contributed by atoms with Crippen molar-refractivity contribution in [1.29, 1.82) is 0 Å². The smallest absolute Gasteiger partial charge is 0.0192 e. The molecule has 1 fully saturated rings. The summed E-state index contributed by atoms with van der Waals surface area (Å²) in [7, 11) is 0. The molecule has 0 aliphatic carbocycles. The van der Waals surface area contributed by atoms with Crippen LogP contribution in [0.5, 0.6) is 0 Å². The Morgan fingerprint density at radius 1 is 1.43 bits per heavy atom. The number of hydrogen-bond donors (Lipinski definition) is 1. The molecule has 0 amide bonds. The normalized spacial score (nSPS) is 30.6. The lowest BCUT2D eigenvalue weighted by molar-refractivity contribution is 0.181. The molecule has 1 heterocycles. The summed E-state index contributed by atoms with van der Waals surface area (Å²) in [4.78, 5) is 2.65. The van der Waals surface area contributed by atoms with E-state index in [0.29, 0.717) is 6.04 Å². The zero-order valence-electron chi connectivity index (χ0n) is 10.2. The van der Waals surface area contributed by atoms with Gasteiger partial charge >= 0.3 is 0 Å². The van der Waals surface area contributed by atoms with Crippen LogP contribution in [0.4, 0.5) is 0 Å². The van der Waals surface area contributed by atoms with Crippen LogP contribution in [0, 0.1) is 5.92 Å². The Hall–Kier alpha value is -0.0800. The molecule has 0 saturated carbocycles. The van der Waals surface area contributed by atoms with Crippen molar-refractivity contribution < 1.29 is 0 Å². The van der Waals surface area contributed by atoms with Crippen molar-refractivity contribution in [2.45, 2.75) is 52.6 Å². The van der Waals surface area contributed by atoms with Gasteiger partial charge in [-0.3, -0.25) is 4.90 Å². The van der Waals surface area contributed by atoms with Crippen LogP contribution in [0.3, 0.4) is 0 Å². The fourth-order valence-corrected chi connectivity index (χ4v) is 2.20. The molecule has 2 heteroatoms. The van der Waals surface area contributed by atoms with E-state index in [1.165, 1.54) is 32.5 Å². The van der Waals surface area contributed by atoms with Crippen molar-refractivity contribution in [2.24, 2.45) is 5.92 Å². The summed E-state index contributed by atoms with van der Waals surface area (Å²) in [6, 6.07) is 1.46. The summed E-state index contributed by atoms with van der Waals surface area (Å²) in [6.45, 7) is 12.9. The molecule has 14 heavy (non-hydrogen) atoms. The molecule has 2 nitrogen and oxygen atoms in total. The van der Waals surface area contributed by atoms with Crippen molar-refractivity contribution in [2.75, 3.05) is 19.6 Å². The molecule has 84 valence electrons. The molecule has 2 atom stereocenters. The van der Waals surface area contributed by atoms with E-state index < -0.39 is 0 Å². The van der Waals surface area contributed by atoms with E-state index in [-0.39, 0.29) is 0 Å². The summed E-state index contributed by atoms with van der Waals surface area (Å²) >= 11 is 0. The predicted octanol–water partition coefficient (Wildman–Crippen LogP) is 2.10. The van der Waals surface area contributed by atoms with Crippen LogP contribution in [0.2, 0.25) is 0 Å². The van der Waals surface area contributed by atoms with Gasteiger partial charge in [0.15, 0.2) is 0 Å². The van der Waals surface area contributed by atoms with Gasteiger partial charge in [-0.1, -0.05) is 20.8 Å². The van der Waals surface area contributed by atoms with E-state index in [1.807, 2.05) is 0 Å². The van der Waals surface area contributed by atoms with E-state index in [4.69, 9.17) is 0 Å². The van der Waals surface area contributed by atoms with E-state index in [9.17, 15) is 0 Å². The Kier molecular flexibility index (Phi) is 4.90. The lowest BCUT2D eigenvalue weighted by Gasteiger charge is -2.30. The van der Waals surface area contributed by atoms with Crippen LogP contribution >= 0.6 is 0 Å². The molecule has 0 spiro atoms. The number of rotatable bonds is 3. The third kappa shape index (κ3) is 3.58. The average molecular weight is 198 g/mol. The minimum atomic E-state index is 0.707. The van der Waals surface area contributed by atoms with Gasteiger partial charge in [-0.25, -0.2) is 0 Å². The van der Waals surface area contributed by atoms with Crippen molar-refractivity contribution in [3.8, 4) is 0 Å². The van der Waals surface area contributed by atoms with Crippen molar-refractivity contribution >= 4 is 0 Å². The maximum Gasteiger partial charge on any atom is 0.0192 e. The quantitative estimate of drug-likeness (QED) is 0.747. The molecule has 1 N–H and O–H groups in total. The average Bonchev–Trinajstić information content (AvgIpc) is 2.28. The molecule has 2 unspecified atom stereocenters. The van der Waals surface area contributed by atoms with Crippen LogP contribution in [-0.2, 0) is 0 Å². The van der Waals surface area contributed by atoms with Gasteiger partial charge in [0.1, 0.15) is 0 Å². The fourth-order valence-electron chi connectivity index (χ4n) is 2.20. The predicted molar refractivity (Wildman–Crippen MR) is 62.6 cm³/mol. The maximum atomic E-state index is 3.62. The summed E-state index contributed by atoms with van der Waals surface area (Å²) in [5, 5.41) is 3.62. The van der Waals surface area contributed by atoms with E-state index in [0.717, 1.165) is 12.0 Å². The van der Waals surface area contributed by atoms with Crippen LogP contribution in [0.1, 0.15) is 40.5 Å². The highest BCUT2D eigenvalue weighted by Crippen LogP contribution is 2.12. The summed E-state index contributed by atoms with van der Waals surface area (Å²) in [6.07, 6.45) is 2.55. The summed E-state index contributed by atoms with van der Waals surface area (Å²) < 4.78 is 0. The number of hydrogen-bond acceptors (Lipinski definition) is 2. The van der Waals surface area contributed by atoms with Gasteiger partial charge in [0.05, 0.1) is 0 Å². The Labute approximate surface area is 89.1 Å². The Morgan fingerprint density at radius 2 is 2.14 bits per heavy atom. The van der Waals surface area contributed by atoms with Gasteiger partial charge < -0.3 is 5.32 Å². The minimum absolute atomic E-state index is 0.707. The third-order valence-corrected chi connectivity index (χ3v) is 3.17. The first-order valence-corrected chi connectivity index (χ1v) is 6.11. The highest BCUT2D eigenvalue weighted by atomic mass is 15.2. The molecule has 0 aromatic rings. The lowest BCUT2D eigenvalue weighted by atomic mass is 10.1. The van der Waals surface area contributed by atoms with Crippen molar-refractivity contribution in [3.63, 3.8) is 0 Å². The maximum absolute atomic E-state index is 3.62. The Balaban J connectivity index is 2.49. The molecule has 1 aliphatic rings. The van der Waals surface area contributed by atoms with Gasteiger partial charge in [-0.15, -0.1) is 0 Å². The molecule has 1 saturated heterocycles. The minimum Gasteiger partial charge on any atom is -0.313 e. The second-order valence-electron chi connectivity index (χ2n) is 5.04. The first-order chi connectivity index (χ1) is 6.63. The number of nitrogens with zero attached hydrogens (tertiary/aromatic N) is 1. The van der Waals surface area contributed by atoms with E-state index >= 15 is 0 Å². The monoisotopic (exact) mass is 198 g/mol. The van der Waals surface area contributed by atoms with E-state index in [1.54, 1.807) is 0 Å². The molecular formula is C12H26N2. The van der Waals surface area contributed by atoms with Crippen LogP contribution in [0.15, 0.2) is 0 Å². The topological polar surface area (TPSA) is 15.3 Å². The molecular weight excluding hydrogens is 172 g/mol. The first kappa shape index (κ1) is 12.0. The van der Waals surface area contributed by atoms with Gasteiger partial charge in [0.2, 0.25) is 0 Å². The van der Waals surface area contributed by atoms with Gasteiger partial charge in [0, 0.05) is 25.2 Å². The lowest BCUT2D eigenvalue weighted by Crippen LogP contribution is -2.41. The second-order valence-corrected chi connectivity index (χ2v) is 5.04. The fraction of sp³-hybridized carbons (Fsp3) is 1.00. The van der Waals surface area contributed by atoms with Gasteiger partial charge in [0.25, 0.3) is 0 Å². The zero-order chi connectivity index (χ0) is 10.6. The molecule has 0 radical (unpaired) electrons. The molecule has 0 bridgehead atoms. The van der Waals surface area contributed by atoms with Gasteiger partial charge in [-0.2, -0.15) is 0 Å². The summed E-state index contributed by atoms with van der Waals surface area (Å²) in [5.74, 6) is 0.785. The number of nitrogens with one attached hydrogen (secondary N) is 1. The summed E-state index contributed by atoms with van der Waals surface area (Å²) in [5.41, 5.74) is 0. The molecule has 0 aromatic carbocycles. The Morgan fingerprint density at radius 3 is 2.71 bits per heavy atom. The third-order valence-electron chi connectivity index (χ3n) is 3.17. The van der Waals surface area contributed by atoms with E-state index in [2.05, 4.69) is 37.9 Å². The van der Waals surface area contributed by atoms with Crippen molar-refractivity contribution in [3.05, 3.63) is 0 Å². The zero-order valence-corrected chi connectivity index (χ0v) is 10.2. The molecule has 1 rings (SSSR count). The highest BCUT2D eigenvalue weighted by Gasteiger charge is 2.21. The largest absolute Gasteiger partial charge is 0.313 e.